The molecular weight excluding hydrogens is 116 g/mol. The highest BCUT2D eigenvalue weighted by Crippen LogP contribution is 2.62. The van der Waals surface area contributed by atoms with E-state index < -0.39 is 0 Å². The summed E-state index contributed by atoms with van der Waals surface area (Å²) < 4.78 is 0. The van der Waals surface area contributed by atoms with Gasteiger partial charge in [-0.1, -0.05) is 0 Å². The molecule has 0 spiro atoms. The summed E-state index contributed by atoms with van der Waals surface area (Å²) in [5, 5.41) is 18.2. The molecule has 0 radical (unpaired) electrons. The van der Waals surface area contributed by atoms with Gasteiger partial charge in [-0.3, -0.25) is 0 Å². The summed E-state index contributed by atoms with van der Waals surface area (Å²) in [6.07, 6.45) is 2.89. The molecule has 0 aromatic heterocycles. The van der Waals surface area contributed by atoms with E-state index in [-0.39, 0.29) is 18.1 Å². The molecule has 2 fully saturated rings. The largest absolute Gasteiger partial charge is 0.396 e. The highest BCUT2D eigenvalue weighted by atomic mass is 16.3. The molecule has 2 saturated carbocycles. The molecule has 0 aliphatic heterocycles. The van der Waals surface area contributed by atoms with Crippen molar-refractivity contribution in [3.05, 3.63) is 0 Å². The van der Waals surface area contributed by atoms with Crippen LogP contribution in [0.25, 0.3) is 0 Å². The van der Waals surface area contributed by atoms with Crippen LogP contribution < -0.4 is 0 Å². The van der Waals surface area contributed by atoms with Crippen LogP contribution >= 0.6 is 0 Å². The van der Waals surface area contributed by atoms with Gasteiger partial charge in [0.1, 0.15) is 0 Å². The summed E-state index contributed by atoms with van der Waals surface area (Å²) in [6.45, 7) is 0.193. The van der Waals surface area contributed by atoms with E-state index in [1.807, 2.05) is 0 Å². The quantitative estimate of drug-likeness (QED) is 0.527. The molecule has 0 bridgehead atoms. The third-order valence-electron chi connectivity index (χ3n) is 3.03. The second kappa shape index (κ2) is 1.50. The van der Waals surface area contributed by atoms with Gasteiger partial charge < -0.3 is 10.2 Å². The lowest BCUT2D eigenvalue weighted by atomic mass is 10.0. The van der Waals surface area contributed by atoms with Crippen molar-refractivity contribution < 1.29 is 10.2 Å². The van der Waals surface area contributed by atoms with E-state index in [1.54, 1.807) is 0 Å². The molecule has 2 aliphatic rings. The Hall–Kier alpha value is -0.0800. The minimum absolute atomic E-state index is 0.0278. The van der Waals surface area contributed by atoms with Gasteiger partial charge in [-0.25, -0.2) is 0 Å². The fourth-order valence-electron chi connectivity index (χ4n) is 2.14. The van der Waals surface area contributed by atoms with Crippen LogP contribution in [0.4, 0.5) is 0 Å². The smallest absolute Gasteiger partial charge is 0.0621 e. The Balaban J connectivity index is 2.14. The van der Waals surface area contributed by atoms with Crippen LogP contribution in [0.2, 0.25) is 0 Å². The summed E-state index contributed by atoms with van der Waals surface area (Å²) in [7, 11) is 0. The molecule has 0 saturated heterocycles. The topological polar surface area (TPSA) is 40.5 Å². The van der Waals surface area contributed by atoms with Crippen molar-refractivity contribution in [1.82, 2.24) is 0 Å². The Labute approximate surface area is 54.5 Å². The molecule has 0 amide bonds. The SMILES string of the molecule is OC[C@@]12CC1CCC2O. The van der Waals surface area contributed by atoms with Gasteiger partial charge in [-0.15, -0.1) is 0 Å². The Kier molecular flexibility index (Phi) is 0.945. The van der Waals surface area contributed by atoms with E-state index in [0.717, 1.165) is 19.3 Å². The van der Waals surface area contributed by atoms with Gasteiger partial charge in [0, 0.05) is 5.41 Å². The first-order valence-electron chi connectivity index (χ1n) is 3.58. The molecule has 2 N–H and O–H groups in total. The Morgan fingerprint density at radius 2 is 2.22 bits per heavy atom. The fraction of sp³-hybridized carbons (Fsp3) is 1.00. The van der Waals surface area contributed by atoms with E-state index >= 15 is 0 Å². The number of hydrogen-bond acceptors (Lipinski definition) is 2. The number of aliphatic hydroxyl groups is 2. The Bertz CT molecular complexity index is 131. The van der Waals surface area contributed by atoms with Crippen LogP contribution in [0.3, 0.4) is 0 Å². The average Bonchev–Trinajstić information content (AvgIpc) is 2.52. The molecule has 2 heteroatoms. The summed E-state index contributed by atoms with van der Waals surface area (Å²) in [5.74, 6) is 0.650. The van der Waals surface area contributed by atoms with E-state index in [1.165, 1.54) is 0 Å². The number of aliphatic hydroxyl groups excluding tert-OH is 2. The minimum atomic E-state index is -0.201. The van der Waals surface area contributed by atoms with Crippen LogP contribution in [-0.4, -0.2) is 22.9 Å². The van der Waals surface area contributed by atoms with Crippen molar-refractivity contribution in [3.63, 3.8) is 0 Å². The first kappa shape index (κ1) is 5.69. The molecule has 2 rings (SSSR count). The highest BCUT2D eigenvalue weighted by molar-refractivity contribution is 5.11. The van der Waals surface area contributed by atoms with Crippen molar-refractivity contribution in [2.24, 2.45) is 11.3 Å². The number of hydrogen-bond donors (Lipinski definition) is 2. The third kappa shape index (κ3) is 0.528. The molecule has 0 aromatic rings. The van der Waals surface area contributed by atoms with Gasteiger partial charge in [0.15, 0.2) is 0 Å². The van der Waals surface area contributed by atoms with Crippen molar-refractivity contribution in [3.8, 4) is 0 Å². The minimum Gasteiger partial charge on any atom is -0.396 e. The summed E-state index contributed by atoms with van der Waals surface area (Å²) in [5.41, 5.74) is -0.0278. The van der Waals surface area contributed by atoms with Crippen molar-refractivity contribution in [1.29, 1.82) is 0 Å². The van der Waals surface area contributed by atoms with Crippen molar-refractivity contribution in [2.75, 3.05) is 6.61 Å². The molecule has 52 valence electrons. The lowest BCUT2D eigenvalue weighted by molar-refractivity contribution is 0.0612. The molecule has 9 heavy (non-hydrogen) atoms. The third-order valence-corrected chi connectivity index (χ3v) is 3.03. The maximum atomic E-state index is 9.33. The van der Waals surface area contributed by atoms with E-state index in [0.29, 0.717) is 5.92 Å². The van der Waals surface area contributed by atoms with Gasteiger partial charge in [0.25, 0.3) is 0 Å². The second-order valence-corrected chi connectivity index (χ2v) is 3.39. The van der Waals surface area contributed by atoms with E-state index in [9.17, 15) is 5.11 Å². The second-order valence-electron chi connectivity index (χ2n) is 3.39. The number of rotatable bonds is 1. The van der Waals surface area contributed by atoms with E-state index in [2.05, 4.69) is 0 Å². The van der Waals surface area contributed by atoms with Crippen LogP contribution in [0.1, 0.15) is 19.3 Å². The van der Waals surface area contributed by atoms with Gasteiger partial charge in [0.05, 0.1) is 12.7 Å². The van der Waals surface area contributed by atoms with Crippen LogP contribution in [-0.2, 0) is 0 Å². The Morgan fingerprint density at radius 3 is 2.44 bits per heavy atom. The van der Waals surface area contributed by atoms with Crippen molar-refractivity contribution >= 4 is 0 Å². The lowest BCUT2D eigenvalue weighted by Crippen LogP contribution is -2.22. The molecule has 2 nitrogen and oxygen atoms in total. The van der Waals surface area contributed by atoms with Gasteiger partial charge in [-0.2, -0.15) is 0 Å². The van der Waals surface area contributed by atoms with Gasteiger partial charge in [-0.05, 0) is 25.2 Å². The summed E-state index contributed by atoms with van der Waals surface area (Å²) in [6, 6.07) is 0. The molecular formula is C7H12O2. The predicted molar refractivity (Wildman–Crippen MR) is 32.9 cm³/mol. The summed E-state index contributed by atoms with van der Waals surface area (Å²) in [4.78, 5) is 0. The first-order chi connectivity index (χ1) is 4.29. The zero-order chi connectivity index (χ0) is 6.48. The van der Waals surface area contributed by atoms with Gasteiger partial charge >= 0.3 is 0 Å². The van der Waals surface area contributed by atoms with Crippen LogP contribution in [0.5, 0.6) is 0 Å². The molecule has 2 unspecified atom stereocenters. The molecule has 2 aliphatic carbocycles. The van der Waals surface area contributed by atoms with Gasteiger partial charge in [0.2, 0.25) is 0 Å². The maximum Gasteiger partial charge on any atom is 0.0621 e. The zero-order valence-electron chi connectivity index (χ0n) is 5.38. The van der Waals surface area contributed by atoms with Crippen molar-refractivity contribution in [2.45, 2.75) is 25.4 Å². The summed E-state index contributed by atoms with van der Waals surface area (Å²) >= 11 is 0. The van der Waals surface area contributed by atoms with Crippen LogP contribution in [0, 0.1) is 11.3 Å². The van der Waals surface area contributed by atoms with E-state index in [4.69, 9.17) is 5.11 Å². The molecule has 0 heterocycles. The average molecular weight is 128 g/mol. The monoisotopic (exact) mass is 128 g/mol. The highest BCUT2D eigenvalue weighted by Gasteiger charge is 2.61. The predicted octanol–water partition coefficient (Wildman–Crippen LogP) is 0.140. The lowest BCUT2D eigenvalue weighted by Gasteiger charge is -2.13. The number of fused-ring (bicyclic) bond motifs is 1. The Morgan fingerprint density at radius 1 is 1.44 bits per heavy atom. The first-order valence-corrected chi connectivity index (χ1v) is 3.58. The zero-order valence-corrected chi connectivity index (χ0v) is 5.38. The maximum absolute atomic E-state index is 9.33. The fourth-order valence-corrected chi connectivity index (χ4v) is 2.14. The molecule has 3 atom stereocenters. The van der Waals surface area contributed by atoms with Crippen LogP contribution in [0.15, 0.2) is 0 Å². The molecule has 0 aromatic carbocycles. The standard InChI is InChI=1S/C7H12O2/c8-4-7-3-5(7)1-2-6(7)9/h5-6,8-9H,1-4H2/t5?,6?,7-/m0/s1. The normalized spacial score (nSPS) is 55.3.